The monoisotopic (exact) mass is 331 g/mol. The minimum atomic E-state index is -0.254. The van der Waals surface area contributed by atoms with Crippen LogP contribution in [0.5, 0.6) is 0 Å². The quantitative estimate of drug-likeness (QED) is 0.643. The molecule has 0 spiro atoms. The summed E-state index contributed by atoms with van der Waals surface area (Å²) in [5.74, 6) is -0.254. The fourth-order valence-corrected chi connectivity index (χ4v) is 2.54. The maximum absolute atomic E-state index is 13.0. The Balaban J connectivity index is 2.26. The number of nitrogens with one attached hydrogen (secondary N) is 1. The largest absolute Gasteiger partial charge is 0.377 e. The van der Waals surface area contributed by atoms with Gasteiger partial charge in [0, 0.05) is 0 Å². The molecule has 0 heterocycles. The first-order valence-corrected chi connectivity index (χ1v) is 7.31. The van der Waals surface area contributed by atoms with Crippen molar-refractivity contribution in [2.75, 3.05) is 5.32 Å². The molecule has 0 saturated heterocycles. The van der Waals surface area contributed by atoms with Gasteiger partial charge in [0.05, 0.1) is 26.8 Å². The molecular formula is C15H13Cl3FN. The van der Waals surface area contributed by atoms with Crippen LogP contribution in [0.15, 0.2) is 36.4 Å². The lowest BCUT2D eigenvalue weighted by Crippen LogP contribution is -2.10. The van der Waals surface area contributed by atoms with Crippen LogP contribution >= 0.6 is 34.8 Å². The van der Waals surface area contributed by atoms with Gasteiger partial charge in [-0.1, -0.05) is 53.9 Å². The fourth-order valence-electron chi connectivity index (χ4n) is 1.94. The third kappa shape index (κ3) is 3.57. The fraction of sp³-hybridized carbons (Fsp3) is 0.200. The number of hydrogen-bond donors (Lipinski definition) is 1. The van der Waals surface area contributed by atoms with Gasteiger partial charge in [0.15, 0.2) is 0 Å². The Bertz CT molecular complexity index is 599. The second-order valence-corrected chi connectivity index (χ2v) is 5.62. The van der Waals surface area contributed by atoms with E-state index in [9.17, 15) is 4.39 Å². The van der Waals surface area contributed by atoms with Crippen LogP contribution in [-0.2, 0) is 0 Å². The normalized spacial score (nSPS) is 12.2. The van der Waals surface area contributed by atoms with E-state index in [1.54, 1.807) is 24.3 Å². The Morgan fingerprint density at radius 2 is 1.60 bits per heavy atom. The predicted octanol–water partition coefficient (Wildman–Crippen LogP) is 6.35. The summed E-state index contributed by atoms with van der Waals surface area (Å²) in [6.07, 6.45) is 0.822. The van der Waals surface area contributed by atoms with Crippen LogP contribution in [0.25, 0.3) is 0 Å². The van der Waals surface area contributed by atoms with Crippen molar-refractivity contribution in [3.8, 4) is 0 Å². The smallest absolute Gasteiger partial charge is 0.123 e. The number of halogens is 4. The van der Waals surface area contributed by atoms with E-state index in [2.05, 4.69) is 5.32 Å². The second kappa shape index (κ2) is 6.66. The van der Waals surface area contributed by atoms with E-state index in [1.165, 1.54) is 12.1 Å². The highest BCUT2D eigenvalue weighted by Crippen LogP contribution is 2.34. The molecular weight excluding hydrogens is 320 g/mol. The zero-order chi connectivity index (χ0) is 14.7. The molecule has 20 heavy (non-hydrogen) atoms. The van der Waals surface area contributed by atoms with Crippen molar-refractivity contribution in [1.29, 1.82) is 0 Å². The lowest BCUT2D eigenvalue weighted by Gasteiger charge is -2.20. The molecule has 0 aliphatic rings. The zero-order valence-electron chi connectivity index (χ0n) is 10.8. The number of benzene rings is 2. The SMILES string of the molecule is CCC(Nc1cc(Cl)c(Cl)cc1Cl)c1ccc(F)cc1. The summed E-state index contributed by atoms with van der Waals surface area (Å²) in [5.41, 5.74) is 1.69. The van der Waals surface area contributed by atoms with Crippen LogP contribution in [0.2, 0.25) is 15.1 Å². The summed E-state index contributed by atoms with van der Waals surface area (Å²) in [6.45, 7) is 2.03. The van der Waals surface area contributed by atoms with Crippen molar-refractivity contribution < 1.29 is 4.39 Å². The highest BCUT2D eigenvalue weighted by molar-refractivity contribution is 6.44. The van der Waals surface area contributed by atoms with Crippen LogP contribution in [0.3, 0.4) is 0 Å². The van der Waals surface area contributed by atoms with E-state index < -0.39 is 0 Å². The van der Waals surface area contributed by atoms with E-state index in [0.29, 0.717) is 20.8 Å². The number of rotatable bonds is 4. The maximum atomic E-state index is 13.0. The lowest BCUT2D eigenvalue weighted by molar-refractivity contribution is 0.625. The molecule has 106 valence electrons. The van der Waals surface area contributed by atoms with Gasteiger partial charge in [-0.15, -0.1) is 0 Å². The van der Waals surface area contributed by atoms with Crippen molar-refractivity contribution in [1.82, 2.24) is 0 Å². The van der Waals surface area contributed by atoms with E-state index in [4.69, 9.17) is 34.8 Å². The molecule has 1 nitrogen and oxygen atoms in total. The molecule has 0 aromatic heterocycles. The molecule has 1 unspecified atom stereocenters. The molecule has 1 atom stereocenters. The summed E-state index contributed by atoms with van der Waals surface area (Å²) in [7, 11) is 0. The Morgan fingerprint density at radius 3 is 2.20 bits per heavy atom. The average Bonchev–Trinajstić information content (AvgIpc) is 2.42. The zero-order valence-corrected chi connectivity index (χ0v) is 13.0. The molecule has 0 radical (unpaired) electrons. The van der Waals surface area contributed by atoms with Gasteiger partial charge in [0.1, 0.15) is 5.82 Å². The van der Waals surface area contributed by atoms with Crippen LogP contribution < -0.4 is 5.32 Å². The van der Waals surface area contributed by atoms with Crippen molar-refractivity contribution >= 4 is 40.5 Å². The summed E-state index contributed by atoms with van der Waals surface area (Å²) < 4.78 is 13.0. The summed E-state index contributed by atoms with van der Waals surface area (Å²) in [5, 5.41) is 4.65. The second-order valence-electron chi connectivity index (χ2n) is 4.40. The molecule has 0 fully saturated rings. The van der Waals surface area contributed by atoms with E-state index in [-0.39, 0.29) is 11.9 Å². The molecule has 2 aromatic carbocycles. The Hall–Kier alpha value is -0.960. The highest BCUT2D eigenvalue weighted by Gasteiger charge is 2.13. The first kappa shape index (κ1) is 15.4. The Labute approximate surface area is 132 Å². The van der Waals surface area contributed by atoms with E-state index in [1.807, 2.05) is 6.92 Å². The minimum Gasteiger partial charge on any atom is -0.377 e. The van der Waals surface area contributed by atoms with Gasteiger partial charge >= 0.3 is 0 Å². The minimum absolute atomic E-state index is 0.0188. The molecule has 2 rings (SSSR count). The van der Waals surface area contributed by atoms with Crippen molar-refractivity contribution in [2.24, 2.45) is 0 Å². The summed E-state index contributed by atoms with van der Waals surface area (Å²) in [6, 6.07) is 9.70. The molecule has 0 amide bonds. The maximum Gasteiger partial charge on any atom is 0.123 e. The van der Waals surface area contributed by atoms with E-state index in [0.717, 1.165) is 12.0 Å². The Kier molecular flexibility index (Phi) is 5.14. The van der Waals surface area contributed by atoms with Gasteiger partial charge in [-0.2, -0.15) is 0 Å². The van der Waals surface area contributed by atoms with Crippen LogP contribution in [0.1, 0.15) is 24.9 Å². The van der Waals surface area contributed by atoms with Crippen molar-refractivity contribution in [2.45, 2.75) is 19.4 Å². The molecule has 0 bridgehead atoms. The van der Waals surface area contributed by atoms with Crippen LogP contribution in [-0.4, -0.2) is 0 Å². The molecule has 0 aliphatic carbocycles. The predicted molar refractivity (Wildman–Crippen MR) is 84.5 cm³/mol. The molecule has 0 aliphatic heterocycles. The van der Waals surface area contributed by atoms with Crippen molar-refractivity contribution in [3.63, 3.8) is 0 Å². The third-order valence-corrected chi connectivity index (χ3v) is 4.06. The number of anilines is 1. The topological polar surface area (TPSA) is 12.0 Å². The van der Waals surface area contributed by atoms with Gasteiger partial charge < -0.3 is 5.32 Å². The van der Waals surface area contributed by atoms with Gasteiger partial charge in [0.25, 0.3) is 0 Å². The lowest BCUT2D eigenvalue weighted by atomic mass is 10.0. The first-order chi connectivity index (χ1) is 9.51. The summed E-state index contributed by atoms with van der Waals surface area (Å²) in [4.78, 5) is 0. The van der Waals surface area contributed by atoms with Crippen LogP contribution in [0.4, 0.5) is 10.1 Å². The molecule has 2 aromatic rings. The van der Waals surface area contributed by atoms with Crippen LogP contribution in [0, 0.1) is 5.82 Å². The van der Waals surface area contributed by atoms with Gasteiger partial charge in [0.2, 0.25) is 0 Å². The number of hydrogen-bond acceptors (Lipinski definition) is 1. The Morgan fingerprint density at radius 1 is 1.00 bits per heavy atom. The summed E-state index contributed by atoms with van der Waals surface area (Å²) >= 11 is 18.1. The van der Waals surface area contributed by atoms with Gasteiger partial charge in [-0.3, -0.25) is 0 Å². The highest BCUT2D eigenvalue weighted by atomic mass is 35.5. The van der Waals surface area contributed by atoms with Gasteiger partial charge in [-0.05, 0) is 36.2 Å². The third-order valence-electron chi connectivity index (χ3n) is 3.02. The van der Waals surface area contributed by atoms with Crippen molar-refractivity contribution in [3.05, 3.63) is 62.8 Å². The molecule has 0 saturated carbocycles. The van der Waals surface area contributed by atoms with E-state index >= 15 is 0 Å². The van der Waals surface area contributed by atoms with Gasteiger partial charge in [-0.25, -0.2) is 4.39 Å². The average molecular weight is 333 g/mol. The molecule has 5 heteroatoms. The molecule has 1 N–H and O–H groups in total. The standard InChI is InChI=1S/C15H13Cl3FN/c1-2-14(9-3-5-10(19)6-4-9)20-15-8-12(17)11(16)7-13(15)18/h3-8,14,20H,2H2,1H3. The first-order valence-electron chi connectivity index (χ1n) is 6.17.